The Morgan fingerprint density at radius 2 is 1.81 bits per heavy atom. The SMILES string of the molecule is CCCc1ccc(NC(CO)C(C)C)cc1. The highest BCUT2D eigenvalue weighted by atomic mass is 16.3. The largest absolute Gasteiger partial charge is 0.394 e. The van der Waals surface area contributed by atoms with Gasteiger partial charge in [0.05, 0.1) is 12.6 Å². The van der Waals surface area contributed by atoms with Crippen LogP contribution in [0, 0.1) is 5.92 Å². The summed E-state index contributed by atoms with van der Waals surface area (Å²) < 4.78 is 0. The van der Waals surface area contributed by atoms with Crippen LogP contribution in [0.5, 0.6) is 0 Å². The maximum Gasteiger partial charge on any atom is 0.0635 e. The Labute approximate surface area is 98.7 Å². The topological polar surface area (TPSA) is 32.3 Å². The summed E-state index contributed by atoms with van der Waals surface area (Å²) in [5, 5.41) is 12.6. The molecule has 0 aliphatic heterocycles. The third kappa shape index (κ3) is 3.86. The molecular formula is C14H23NO. The summed E-state index contributed by atoms with van der Waals surface area (Å²) in [4.78, 5) is 0. The Balaban J connectivity index is 2.60. The quantitative estimate of drug-likeness (QED) is 0.773. The summed E-state index contributed by atoms with van der Waals surface area (Å²) in [5.41, 5.74) is 2.46. The second-order valence-corrected chi connectivity index (χ2v) is 4.62. The van der Waals surface area contributed by atoms with Gasteiger partial charge in [-0.25, -0.2) is 0 Å². The number of anilines is 1. The average molecular weight is 221 g/mol. The molecule has 0 spiro atoms. The van der Waals surface area contributed by atoms with Gasteiger partial charge < -0.3 is 10.4 Å². The second-order valence-electron chi connectivity index (χ2n) is 4.62. The van der Waals surface area contributed by atoms with Crippen molar-refractivity contribution in [1.29, 1.82) is 0 Å². The van der Waals surface area contributed by atoms with E-state index < -0.39 is 0 Å². The van der Waals surface area contributed by atoms with Crippen molar-refractivity contribution in [3.05, 3.63) is 29.8 Å². The summed E-state index contributed by atoms with van der Waals surface area (Å²) in [6, 6.07) is 8.63. The van der Waals surface area contributed by atoms with Crippen LogP contribution in [-0.4, -0.2) is 17.8 Å². The molecule has 2 N–H and O–H groups in total. The van der Waals surface area contributed by atoms with E-state index in [0.29, 0.717) is 5.92 Å². The molecule has 1 rings (SSSR count). The molecule has 0 aromatic heterocycles. The minimum atomic E-state index is 0.136. The number of benzene rings is 1. The lowest BCUT2D eigenvalue weighted by Gasteiger charge is -2.21. The lowest BCUT2D eigenvalue weighted by molar-refractivity contribution is 0.249. The maximum atomic E-state index is 9.23. The molecule has 1 aromatic carbocycles. The summed E-state index contributed by atoms with van der Waals surface area (Å²) in [7, 11) is 0. The first kappa shape index (κ1) is 13.0. The smallest absolute Gasteiger partial charge is 0.0635 e. The maximum absolute atomic E-state index is 9.23. The molecular weight excluding hydrogens is 198 g/mol. The first-order chi connectivity index (χ1) is 7.67. The molecule has 0 radical (unpaired) electrons. The van der Waals surface area contributed by atoms with Crippen LogP contribution in [0.2, 0.25) is 0 Å². The first-order valence-corrected chi connectivity index (χ1v) is 6.13. The zero-order valence-corrected chi connectivity index (χ0v) is 10.5. The fraction of sp³-hybridized carbons (Fsp3) is 0.571. The highest BCUT2D eigenvalue weighted by Gasteiger charge is 2.11. The van der Waals surface area contributed by atoms with Crippen molar-refractivity contribution in [2.24, 2.45) is 5.92 Å². The average Bonchev–Trinajstić information content (AvgIpc) is 2.28. The lowest BCUT2D eigenvalue weighted by Crippen LogP contribution is -2.29. The van der Waals surface area contributed by atoms with Crippen molar-refractivity contribution in [1.82, 2.24) is 0 Å². The summed E-state index contributed by atoms with van der Waals surface area (Å²) in [6.07, 6.45) is 2.31. The van der Waals surface area contributed by atoms with E-state index in [1.807, 2.05) is 0 Å². The van der Waals surface area contributed by atoms with Gasteiger partial charge in [0.1, 0.15) is 0 Å². The van der Waals surface area contributed by atoms with Crippen molar-refractivity contribution in [3.63, 3.8) is 0 Å². The fourth-order valence-corrected chi connectivity index (χ4v) is 1.69. The number of hydrogen-bond donors (Lipinski definition) is 2. The van der Waals surface area contributed by atoms with Gasteiger partial charge in [-0.15, -0.1) is 0 Å². The van der Waals surface area contributed by atoms with E-state index in [4.69, 9.17) is 0 Å². The van der Waals surface area contributed by atoms with Gasteiger partial charge in [-0.3, -0.25) is 0 Å². The van der Waals surface area contributed by atoms with Crippen LogP contribution in [0.1, 0.15) is 32.8 Å². The molecule has 2 heteroatoms. The summed E-state index contributed by atoms with van der Waals surface area (Å²) in [5.74, 6) is 0.431. The highest BCUT2D eigenvalue weighted by molar-refractivity contribution is 5.45. The van der Waals surface area contributed by atoms with Crippen molar-refractivity contribution >= 4 is 5.69 Å². The van der Waals surface area contributed by atoms with Crippen LogP contribution in [0.25, 0.3) is 0 Å². The zero-order chi connectivity index (χ0) is 12.0. The molecule has 1 atom stereocenters. The highest BCUT2D eigenvalue weighted by Crippen LogP contribution is 2.14. The predicted octanol–water partition coefficient (Wildman–Crippen LogP) is 3.07. The van der Waals surface area contributed by atoms with Crippen molar-refractivity contribution in [2.45, 2.75) is 39.7 Å². The molecule has 2 nitrogen and oxygen atoms in total. The molecule has 90 valence electrons. The Bertz CT molecular complexity index is 292. The zero-order valence-electron chi connectivity index (χ0n) is 10.5. The van der Waals surface area contributed by atoms with Gasteiger partial charge >= 0.3 is 0 Å². The van der Waals surface area contributed by atoms with Gasteiger partial charge in [0.25, 0.3) is 0 Å². The molecule has 0 saturated carbocycles. The third-order valence-corrected chi connectivity index (χ3v) is 2.85. The van der Waals surface area contributed by atoms with Gasteiger partial charge in [-0.2, -0.15) is 0 Å². The van der Waals surface area contributed by atoms with E-state index in [0.717, 1.165) is 12.1 Å². The molecule has 0 aliphatic carbocycles. The predicted molar refractivity (Wildman–Crippen MR) is 69.8 cm³/mol. The van der Waals surface area contributed by atoms with Gasteiger partial charge in [0.15, 0.2) is 0 Å². The van der Waals surface area contributed by atoms with Gasteiger partial charge in [0.2, 0.25) is 0 Å². The number of rotatable bonds is 6. The van der Waals surface area contributed by atoms with Crippen LogP contribution >= 0.6 is 0 Å². The summed E-state index contributed by atoms with van der Waals surface area (Å²) in [6.45, 7) is 6.58. The van der Waals surface area contributed by atoms with Crippen LogP contribution in [0.15, 0.2) is 24.3 Å². The van der Waals surface area contributed by atoms with Crippen molar-refractivity contribution < 1.29 is 5.11 Å². The van der Waals surface area contributed by atoms with Crippen LogP contribution in [-0.2, 0) is 6.42 Å². The van der Waals surface area contributed by atoms with Crippen LogP contribution in [0.3, 0.4) is 0 Å². The number of aliphatic hydroxyl groups is 1. The van der Waals surface area contributed by atoms with Crippen LogP contribution < -0.4 is 5.32 Å². The molecule has 0 heterocycles. The number of aliphatic hydroxyl groups excluding tert-OH is 1. The van der Waals surface area contributed by atoms with Crippen molar-refractivity contribution in [3.8, 4) is 0 Å². The molecule has 16 heavy (non-hydrogen) atoms. The van der Waals surface area contributed by atoms with E-state index in [9.17, 15) is 5.11 Å². The fourth-order valence-electron chi connectivity index (χ4n) is 1.69. The van der Waals surface area contributed by atoms with Gasteiger partial charge in [-0.05, 0) is 30.0 Å². The van der Waals surface area contributed by atoms with Gasteiger partial charge in [-0.1, -0.05) is 39.3 Å². The molecule has 0 bridgehead atoms. The Morgan fingerprint density at radius 3 is 2.25 bits per heavy atom. The van der Waals surface area contributed by atoms with E-state index in [2.05, 4.69) is 50.4 Å². The molecule has 0 aliphatic rings. The normalized spacial score (nSPS) is 12.8. The van der Waals surface area contributed by atoms with E-state index in [1.165, 1.54) is 12.0 Å². The first-order valence-electron chi connectivity index (χ1n) is 6.13. The molecule has 0 amide bonds. The van der Waals surface area contributed by atoms with E-state index in [-0.39, 0.29) is 12.6 Å². The third-order valence-electron chi connectivity index (χ3n) is 2.85. The lowest BCUT2D eigenvalue weighted by atomic mass is 10.0. The van der Waals surface area contributed by atoms with E-state index in [1.54, 1.807) is 0 Å². The Hall–Kier alpha value is -1.02. The van der Waals surface area contributed by atoms with Crippen molar-refractivity contribution in [2.75, 3.05) is 11.9 Å². The molecule has 1 unspecified atom stereocenters. The number of aryl methyl sites for hydroxylation is 1. The Kier molecular flexibility index (Phi) is 5.33. The summed E-state index contributed by atoms with van der Waals surface area (Å²) >= 11 is 0. The van der Waals surface area contributed by atoms with Gasteiger partial charge in [0, 0.05) is 5.69 Å². The molecule has 0 saturated heterocycles. The minimum Gasteiger partial charge on any atom is -0.394 e. The standard InChI is InChI=1S/C14H23NO/c1-4-5-12-6-8-13(9-7-12)15-14(10-16)11(2)3/h6-9,11,14-16H,4-5,10H2,1-3H3. The number of hydrogen-bond acceptors (Lipinski definition) is 2. The van der Waals surface area contributed by atoms with E-state index >= 15 is 0 Å². The van der Waals surface area contributed by atoms with Crippen LogP contribution in [0.4, 0.5) is 5.69 Å². The molecule has 1 aromatic rings. The number of nitrogens with one attached hydrogen (secondary N) is 1. The Morgan fingerprint density at radius 1 is 1.19 bits per heavy atom. The monoisotopic (exact) mass is 221 g/mol. The minimum absolute atomic E-state index is 0.136. The second kappa shape index (κ2) is 6.54. The molecule has 0 fully saturated rings.